The average Bonchev–Trinajstić information content (AvgIpc) is 3.40. The summed E-state index contributed by atoms with van der Waals surface area (Å²) >= 11 is 0. The maximum atomic E-state index is 12.6. The van der Waals surface area contributed by atoms with Crippen LogP contribution in [0.15, 0.2) is 55.1 Å². The van der Waals surface area contributed by atoms with E-state index in [0.717, 1.165) is 22.3 Å². The van der Waals surface area contributed by atoms with E-state index < -0.39 is 0 Å². The quantitative estimate of drug-likeness (QED) is 0.447. The summed E-state index contributed by atoms with van der Waals surface area (Å²) in [6.07, 6.45) is 6.63. The van der Waals surface area contributed by atoms with Gasteiger partial charge >= 0.3 is 0 Å². The first kappa shape index (κ1) is 19.7. The number of nitrogens with zero attached hydrogens (tertiary/aromatic N) is 4. The average molecular weight is 401 g/mol. The van der Waals surface area contributed by atoms with Crippen LogP contribution in [0.4, 0.5) is 0 Å². The van der Waals surface area contributed by atoms with E-state index in [9.17, 15) is 9.59 Å². The Morgan fingerprint density at radius 1 is 1.10 bits per heavy atom. The van der Waals surface area contributed by atoms with Gasteiger partial charge in [-0.05, 0) is 48.2 Å². The molecule has 0 bridgehead atoms. The molecule has 3 aromatic heterocycles. The fourth-order valence-electron chi connectivity index (χ4n) is 3.30. The van der Waals surface area contributed by atoms with Gasteiger partial charge in [-0.3, -0.25) is 9.59 Å². The number of H-pyrrole nitrogens is 1. The van der Waals surface area contributed by atoms with E-state index in [-0.39, 0.29) is 17.5 Å². The van der Waals surface area contributed by atoms with E-state index in [1.54, 1.807) is 35.4 Å². The highest BCUT2D eigenvalue weighted by atomic mass is 16.1. The maximum absolute atomic E-state index is 12.6. The molecule has 4 aromatic rings. The van der Waals surface area contributed by atoms with Gasteiger partial charge in [0, 0.05) is 19.0 Å². The molecule has 0 fully saturated rings. The number of carbonyl (C=O) groups is 2. The van der Waals surface area contributed by atoms with Gasteiger partial charge in [0.2, 0.25) is 0 Å². The Kier molecular flexibility index (Phi) is 5.52. The van der Waals surface area contributed by atoms with Gasteiger partial charge in [0.05, 0.1) is 29.2 Å². The van der Waals surface area contributed by atoms with Gasteiger partial charge in [-0.15, -0.1) is 0 Å². The van der Waals surface area contributed by atoms with Crippen molar-refractivity contribution in [1.29, 1.82) is 0 Å². The molecule has 0 amide bonds. The van der Waals surface area contributed by atoms with Gasteiger partial charge in [-0.1, -0.05) is 19.9 Å². The third-order valence-corrected chi connectivity index (χ3v) is 4.86. The minimum Gasteiger partial charge on any atom is -0.345 e. The highest BCUT2D eigenvalue weighted by molar-refractivity contribution is 5.98. The number of rotatable bonds is 8. The van der Waals surface area contributed by atoms with Crippen molar-refractivity contribution >= 4 is 22.6 Å². The summed E-state index contributed by atoms with van der Waals surface area (Å²) in [6.45, 7) is 3.97. The lowest BCUT2D eigenvalue weighted by atomic mass is 10.0. The van der Waals surface area contributed by atoms with Crippen LogP contribution in [0, 0.1) is 5.92 Å². The first-order valence-corrected chi connectivity index (χ1v) is 10.00. The van der Waals surface area contributed by atoms with Crippen molar-refractivity contribution < 1.29 is 9.59 Å². The third kappa shape index (κ3) is 4.35. The van der Waals surface area contributed by atoms with E-state index in [1.165, 1.54) is 0 Å². The largest absolute Gasteiger partial charge is 0.345 e. The summed E-state index contributed by atoms with van der Waals surface area (Å²) < 4.78 is 1.78. The number of carbonyl (C=O) groups excluding carboxylic acids is 2. The molecule has 0 radical (unpaired) electrons. The molecule has 7 heteroatoms. The second-order valence-electron chi connectivity index (χ2n) is 7.75. The molecular formula is C23H23N5O2. The Labute approximate surface area is 174 Å². The molecule has 0 saturated carbocycles. The summed E-state index contributed by atoms with van der Waals surface area (Å²) in [6, 6.07) is 10.9. The molecule has 0 saturated heterocycles. The molecule has 3 heterocycles. The molecule has 30 heavy (non-hydrogen) atoms. The minimum absolute atomic E-state index is 0.0323. The van der Waals surface area contributed by atoms with Gasteiger partial charge in [0.1, 0.15) is 11.4 Å². The first-order chi connectivity index (χ1) is 14.5. The fourth-order valence-corrected chi connectivity index (χ4v) is 3.30. The van der Waals surface area contributed by atoms with Crippen molar-refractivity contribution in [3.05, 3.63) is 72.1 Å². The predicted molar refractivity (Wildman–Crippen MR) is 114 cm³/mol. The zero-order chi connectivity index (χ0) is 21.1. The summed E-state index contributed by atoms with van der Waals surface area (Å²) in [5, 5.41) is 4.40. The zero-order valence-electron chi connectivity index (χ0n) is 17.0. The van der Waals surface area contributed by atoms with Gasteiger partial charge < -0.3 is 4.98 Å². The van der Waals surface area contributed by atoms with Crippen molar-refractivity contribution in [1.82, 2.24) is 24.7 Å². The molecule has 0 unspecified atom stereocenters. The van der Waals surface area contributed by atoms with Crippen molar-refractivity contribution in [3.63, 3.8) is 0 Å². The van der Waals surface area contributed by atoms with E-state index >= 15 is 0 Å². The zero-order valence-corrected chi connectivity index (χ0v) is 17.0. The fraction of sp³-hybridized carbons (Fsp3) is 0.261. The Bertz CT molecular complexity index is 1210. The number of fused-ring (bicyclic) bond motifs is 1. The minimum atomic E-state index is -0.0826. The third-order valence-electron chi connectivity index (χ3n) is 4.86. The summed E-state index contributed by atoms with van der Waals surface area (Å²) in [5.74, 6) is 0.139. The molecule has 0 spiro atoms. The van der Waals surface area contributed by atoms with Crippen LogP contribution >= 0.6 is 0 Å². The number of nitrogens with one attached hydrogen (secondary N) is 1. The topological polar surface area (TPSA) is 93.5 Å². The van der Waals surface area contributed by atoms with Crippen LogP contribution in [0.25, 0.3) is 16.7 Å². The van der Waals surface area contributed by atoms with Crippen LogP contribution in [0.5, 0.6) is 0 Å². The van der Waals surface area contributed by atoms with Crippen molar-refractivity contribution in [2.45, 2.75) is 33.1 Å². The molecule has 4 rings (SSSR count). The van der Waals surface area contributed by atoms with Crippen LogP contribution in [0.2, 0.25) is 0 Å². The van der Waals surface area contributed by atoms with Crippen LogP contribution in [-0.2, 0) is 6.42 Å². The smallest absolute Gasteiger partial charge is 0.181 e. The Morgan fingerprint density at radius 3 is 2.70 bits per heavy atom. The van der Waals surface area contributed by atoms with Crippen molar-refractivity contribution in [3.8, 4) is 5.69 Å². The van der Waals surface area contributed by atoms with E-state index in [0.29, 0.717) is 30.7 Å². The van der Waals surface area contributed by atoms with E-state index in [2.05, 4.69) is 20.1 Å². The molecule has 1 N–H and O–H groups in total. The molecule has 7 nitrogen and oxygen atoms in total. The number of imidazole rings is 1. The molecular weight excluding hydrogens is 378 g/mol. The van der Waals surface area contributed by atoms with Gasteiger partial charge in [-0.2, -0.15) is 5.10 Å². The standard InChI is InChI=1S/C23H23N5O2/c1-15(2)10-23(30)20-5-3-4-19(27-20)22(29)9-6-16-12-26-28(13-16)17-7-8-18-21(11-17)25-14-24-18/h3-5,7-8,11-15H,6,9-10H2,1-2H3,(H,24,25). The van der Waals surface area contributed by atoms with Crippen LogP contribution < -0.4 is 0 Å². The number of hydrogen-bond acceptors (Lipinski definition) is 5. The summed E-state index contributed by atoms with van der Waals surface area (Å²) in [7, 11) is 0. The first-order valence-electron chi connectivity index (χ1n) is 10.00. The number of hydrogen-bond donors (Lipinski definition) is 1. The number of benzene rings is 1. The van der Waals surface area contributed by atoms with E-state index in [4.69, 9.17) is 0 Å². The molecule has 0 atom stereocenters. The molecule has 0 aliphatic carbocycles. The monoisotopic (exact) mass is 401 g/mol. The van der Waals surface area contributed by atoms with Gasteiger partial charge in [0.15, 0.2) is 11.6 Å². The number of ketones is 2. The Hall–Kier alpha value is -3.61. The van der Waals surface area contributed by atoms with Gasteiger partial charge in [-0.25, -0.2) is 14.6 Å². The summed E-state index contributed by atoms with van der Waals surface area (Å²) in [4.78, 5) is 36.4. The summed E-state index contributed by atoms with van der Waals surface area (Å²) in [5.41, 5.74) is 4.41. The lowest BCUT2D eigenvalue weighted by Crippen LogP contribution is -2.10. The van der Waals surface area contributed by atoms with Crippen molar-refractivity contribution in [2.75, 3.05) is 0 Å². The van der Waals surface area contributed by atoms with E-state index in [1.807, 2.05) is 38.2 Å². The normalized spacial score (nSPS) is 11.3. The molecule has 0 aliphatic rings. The lowest BCUT2D eigenvalue weighted by Gasteiger charge is -2.05. The van der Waals surface area contributed by atoms with Gasteiger partial charge in [0.25, 0.3) is 0 Å². The number of pyridine rings is 1. The van der Waals surface area contributed by atoms with Crippen LogP contribution in [0.3, 0.4) is 0 Å². The Balaban J connectivity index is 1.41. The Morgan fingerprint density at radius 2 is 1.90 bits per heavy atom. The number of aromatic nitrogens is 5. The van der Waals surface area contributed by atoms with Crippen LogP contribution in [0.1, 0.15) is 53.2 Å². The second-order valence-corrected chi connectivity index (χ2v) is 7.75. The number of Topliss-reactive ketones (excluding diaryl/α,β-unsaturated/α-hetero) is 2. The lowest BCUT2D eigenvalue weighted by molar-refractivity contribution is 0.0962. The molecule has 152 valence electrons. The highest BCUT2D eigenvalue weighted by Crippen LogP contribution is 2.16. The number of aryl methyl sites for hydroxylation is 1. The predicted octanol–water partition coefficient (Wildman–Crippen LogP) is 4.19. The van der Waals surface area contributed by atoms with Crippen LogP contribution in [-0.4, -0.2) is 36.3 Å². The molecule has 1 aromatic carbocycles. The second kappa shape index (κ2) is 8.41. The SMILES string of the molecule is CC(C)CC(=O)c1cccc(C(=O)CCc2cnn(-c3ccc4nc[nH]c4c3)c2)n1. The highest BCUT2D eigenvalue weighted by Gasteiger charge is 2.14. The molecule has 0 aliphatic heterocycles. The number of aromatic amines is 1. The maximum Gasteiger partial charge on any atom is 0.181 e. The van der Waals surface area contributed by atoms with Crippen molar-refractivity contribution in [2.24, 2.45) is 5.92 Å².